The Morgan fingerprint density at radius 1 is 1.09 bits per heavy atom. The number of esters is 1. The van der Waals surface area contributed by atoms with Crippen molar-refractivity contribution < 1.29 is 14.3 Å². The number of benzene rings is 2. The quantitative estimate of drug-likeness (QED) is 0.451. The predicted molar refractivity (Wildman–Crippen MR) is 119 cm³/mol. The fourth-order valence-corrected chi connectivity index (χ4v) is 3.22. The number of aromatic nitrogens is 4. The summed E-state index contributed by atoms with van der Waals surface area (Å²) in [6.07, 6.45) is 3.21. The monoisotopic (exact) mass is 431 g/mol. The molecule has 0 fully saturated rings. The van der Waals surface area contributed by atoms with Crippen LogP contribution in [0.2, 0.25) is 0 Å². The average molecular weight is 431 g/mol. The first-order chi connectivity index (χ1) is 15.5. The fourth-order valence-electron chi connectivity index (χ4n) is 3.22. The largest absolute Gasteiger partial charge is 0.461 e. The highest BCUT2D eigenvalue weighted by atomic mass is 16.5. The molecule has 0 aliphatic heterocycles. The smallest absolute Gasteiger partial charge is 0.358 e. The van der Waals surface area contributed by atoms with Gasteiger partial charge in [0.05, 0.1) is 29.5 Å². The molecule has 0 aliphatic carbocycles. The molecule has 1 amide bonds. The molecule has 1 N–H and O–H groups in total. The van der Waals surface area contributed by atoms with E-state index in [-0.39, 0.29) is 36.7 Å². The van der Waals surface area contributed by atoms with Crippen LogP contribution in [0.1, 0.15) is 23.8 Å². The number of aryl methyl sites for hydroxylation is 1. The lowest BCUT2D eigenvalue weighted by Crippen LogP contribution is -2.23. The molecule has 0 bridgehead atoms. The van der Waals surface area contributed by atoms with Gasteiger partial charge >= 0.3 is 5.97 Å². The summed E-state index contributed by atoms with van der Waals surface area (Å²) in [6, 6.07) is 15.7. The maximum absolute atomic E-state index is 12.5. The highest BCUT2D eigenvalue weighted by molar-refractivity contribution is 5.91. The molecule has 4 aromatic rings. The minimum absolute atomic E-state index is 0.110. The van der Waals surface area contributed by atoms with E-state index in [1.54, 1.807) is 61.7 Å². The molecule has 32 heavy (non-hydrogen) atoms. The molecule has 2 heterocycles. The van der Waals surface area contributed by atoms with Crippen LogP contribution in [0, 0.1) is 0 Å². The summed E-state index contributed by atoms with van der Waals surface area (Å²) < 4.78 is 7.91. The maximum atomic E-state index is 12.5. The number of nitrogens with zero attached hydrogens (tertiary/aromatic N) is 4. The Hall–Kier alpha value is -4.27. The number of para-hydroxylation sites is 1. The first-order valence-corrected chi connectivity index (χ1v) is 10.1. The van der Waals surface area contributed by atoms with Crippen LogP contribution < -0.4 is 10.9 Å². The number of amides is 1. The number of hydrogen-bond acceptors (Lipinski definition) is 6. The minimum atomic E-state index is -0.492. The lowest BCUT2D eigenvalue weighted by molar-refractivity contribution is -0.116. The second-order valence-corrected chi connectivity index (χ2v) is 6.97. The van der Waals surface area contributed by atoms with Crippen LogP contribution in [0.3, 0.4) is 0 Å². The fraction of sp³-hybridized carbons (Fsp3) is 0.174. The van der Waals surface area contributed by atoms with Gasteiger partial charge in [-0.05, 0) is 43.3 Å². The summed E-state index contributed by atoms with van der Waals surface area (Å²) in [6.45, 7) is 2.22. The van der Waals surface area contributed by atoms with Gasteiger partial charge in [0.2, 0.25) is 5.91 Å². The Balaban J connectivity index is 1.42. The summed E-state index contributed by atoms with van der Waals surface area (Å²) in [5.41, 5.74) is 1.90. The van der Waals surface area contributed by atoms with Gasteiger partial charge < -0.3 is 10.1 Å². The van der Waals surface area contributed by atoms with E-state index in [0.29, 0.717) is 22.3 Å². The van der Waals surface area contributed by atoms with Crippen LogP contribution in [0.5, 0.6) is 0 Å². The van der Waals surface area contributed by atoms with Crippen LogP contribution in [0.4, 0.5) is 5.69 Å². The van der Waals surface area contributed by atoms with Crippen molar-refractivity contribution >= 4 is 28.5 Å². The number of anilines is 1. The lowest BCUT2D eigenvalue weighted by atomic mass is 10.2. The van der Waals surface area contributed by atoms with Crippen LogP contribution in [0.15, 0.2) is 71.9 Å². The number of ether oxygens (including phenoxy) is 1. The van der Waals surface area contributed by atoms with Gasteiger partial charge in [-0.1, -0.05) is 18.2 Å². The third kappa shape index (κ3) is 4.56. The first kappa shape index (κ1) is 21.0. The summed E-state index contributed by atoms with van der Waals surface area (Å²) in [4.78, 5) is 41.1. The Kier molecular flexibility index (Phi) is 6.07. The molecular weight excluding hydrogens is 410 g/mol. The zero-order chi connectivity index (χ0) is 22.5. The molecule has 2 aromatic carbocycles. The third-order valence-corrected chi connectivity index (χ3v) is 4.78. The topological polar surface area (TPSA) is 108 Å². The van der Waals surface area contributed by atoms with Crippen molar-refractivity contribution in [2.24, 2.45) is 0 Å². The minimum Gasteiger partial charge on any atom is -0.461 e. The van der Waals surface area contributed by atoms with Crippen molar-refractivity contribution in [2.45, 2.75) is 19.9 Å². The normalized spacial score (nSPS) is 10.8. The third-order valence-electron chi connectivity index (χ3n) is 4.78. The van der Waals surface area contributed by atoms with Gasteiger partial charge in [-0.25, -0.2) is 14.5 Å². The summed E-state index contributed by atoms with van der Waals surface area (Å²) >= 11 is 0. The summed E-state index contributed by atoms with van der Waals surface area (Å²) in [5.74, 6) is -0.732. The van der Waals surface area contributed by atoms with Gasteiger partial charge in [0.25, 0.3) is 5.56 Å². The Morgan fingerprint density at radius 3 is 2.78 bits per heavy atom. The maximum Gasteiger partial charge on any atom is 0.358 e. The molecule has 2 aromatic heterocycles. The van der Waals surface area contributed by atoms with Gasteiger partial charge in [0.15, 0.2) is 5.69 Å². The van der Waals surface area contributed by atoms with E-state index in [1.165, 1.54) is 15.6 Å². The molecule has 162 valence electrons. The van der Waals surface area contributed by atoms with Crippen LogP contribution in [-0.4, -0.2) is 37.8 Å². The van der Waals surface area contributed by atoms with E-state index in [9.17, 15) is 14.4 Å². The van der Waals surface area contributed by atoms with E-state index < -0.39 is 5.97 Å². The molecule has 0 saturated carbocycles. The number of fused-ring (bicyclic) bond motifs is 1. The van der Waals surface area contributed by atoms with Crippen molar-refractivity contribution in [3.05, 3.63) is 83.2 Å². The molecule has 0 radical (unpaired) electrons. The predicted octanol–water partition coefficient (Wildman–Crippen LogP) is 2.79. The van der Waals surface area contributed by atoms with E-state index >= 15 is 0 Å². The van der Waals surface area contributed by atoms with Crippen molar-refractivity contribution in [3.8, 4) is 5.69 Å². The van der Waals surface area contributed by atoms with Crippen LogP contribution in [-0.2, 0) is 16.1 Å². The van der Waals surface area contributed by atoms with Crippen molar-refractivity contribution in [3.63, 3.8) is 0 Å². The van der Waals surface area contributed by atoms with Gasteiger partial charge in [0, 0.05) is 24.8 Å². The highest BCUT2D eigenvalue weighted by Gasteiger charge is 2.12. The second-order valence-electron chi connectivity index (χ2n) is 6.97. The number of rotatable bonds is 7. The first-order valence-electron chi connectivity index (χ1n) is 10.1. The molecular formula is C23H21N5O4. The number of carbonyl (C=O) groups is 2. The van der Waals surface area contributed by atoms with Crippen LogP contribution in [0.25, 0.3) is 16.6 Å². The molecule has 4 rings (SSSR count). The van der Waals surface area contributed by atoms with Gasteiger partial charge in [-0.15, -0.1) is 0 Å². The number of nitrogens with one attached hydrogen (secondary N) is 1. The van der Waals surface area contributed by atoms with E-state index in [2.05, 4.69) is 15.4 Å². The Bertz CT molecular complexity index is 1340. The van der Waals surface area contributed by atoms with Crippen molar-refractivity contribution in [1.29, 1.82) is 0 Å². The van der Waals surface area contributed by atoms with Gasteiger partial charge in [0.1, 0.15) is 0 Å². The Morgan fingerprint density at radius 2 is 1.94 bits per heavy atom. The SMILES string of the molecule is CCOC(=O)c1ccn(-c2cccc(NC(=O)CCn3cnc4ccccc4c3=O)c2)n1. The van der Waals surface area contributed by atoms with E-state index in [1.807, 2.05) is 6.07 Å². The van der Waals surface area contributed by atoms with E-state index in [4.69, 9.17) is 4.74 Å². The zero-order valence-electron chi connectivity index (χ0n) is 17.4. The molecule has 0 saturated heterocycles. The average Bonchev–Trinajstić information content (AvgIpc) is 3.30. The molecule has 0 unspecified atom stereocenters. The molecule has 9 heteroatoms. The second kappa shape index (κ2) is 9.25. The zero-order valence-corrected chi connectivity index (χ0v) is 17.4. The van der Waals surface area contributed by atoms with Gasteiger partial charge in [-0.2, -0.15) is 5.10 Å². The van der Waals surface area contributed by atoms with Crippen molar-refractivity contribution in [2.75, 3.05) is 11.9 Å². The number of carbonyl (C=O) groups excluding carboxylic acids is 2. The molecule has 0 atom stereocenters. The summed E-state index contributed by atoms with van der Waals surface area (Å²) in [5, 5.41) is 7.55. The van der Waals surface area contributed by atoms with Gasteiger partial charge in [-0.3, -0.25) is 14.2 Å². The van der Waals surface area contributed by atoms with Crippen molar-refractivity contribution in [1.82, 2.24) is 19.3 Å². The molecule has 0 aliphatic rings. The standard InChI is InChI=1S/C23H21N5O4/c1-2-32-23(31)20-10-13-28(26-20)17-7-5-6-16(14-17)25-21(29)11-12-27-15-24-19-9-4-3-8-18(19)22(27)30/h3-10,13-15H,2,11-12H2,1H3,(H,25,29). The summed E-state index contributed by atoms with van der Waals surface area (Å²) in [7, 11) is 0. The highest BCUT2D eigenvalue weighted by Crippen LogP contribution is 2.15. The Labute approximate surface area is 183 Å². The molecule has 0 spiro atoms. The lowest BCUT2D eigenvalue weighted by Gasteiger charge is -2.09. The molecule has 9 nitrogen and oxygen atoms in total. The number of hydrogen-bond donors (Lipinski definition) is 1. The van der Waals surface area contributed by atoms with E-state index in [0.717, 1.165) is 0 Å². The van der Waals surface area contributed by atoms with Crippen LogP contribution >= 0.6 is 0 Å².